The van der Waals surface area contributed by atoms with Gasteiger partial charge in [-0.3, -0.25) is 9.59 Å². The maximum absolute atomic E-state index is 12.2. The summed E-state index contributed by atoms with van der Waals surface area (Å²) in [6.07, 6.45) is 0.884. The fourth-order valence-corrected chi connectivity index (χ4v) is 2.24. The van der Waals surface area contributed by atoms with Crippen LogP contribution in [0.15, 0.2) is 24.3 Å². The van der Waals surface area contributed by atoms with Crippen LogP contribution in [0.3, 0.4) is 0 Å². The van der Waals surface area contributed by atoms with Gasteiger partial charge in [0.05, 0.1) is 6.54 Å². The average molecular weight is 274 g/mol. The molecule has 1 aliphatic rings. The first-order valence-electron chi connectivity index (χ1n) is 7.01. The van der Waals surface area contributed by atoms with Crippen molar-refractivity contribution in [3.8, 4) is 0 Å². The van der Waals surface area contributed by atoms with E-state index in [-0.39, 0.29) is 18.4 Å². The van der Waals surface area contributed by atoms with E-state index in [9.17, 15) is 9.59 Å². The number of nitrogens with one attached hydrogen (secondary N) is 1. The highest BCUT2D eigenvalue weighted by Crippen LogP contribution is 2.18. The van der Waals surface area contributed by atoms with Crippen LogP contribution < -0.4 is 5.32 Å². The Morgan fingerprint density at radius 2 is 1.85 bits per heavy atom. The van der Waals surface area contributed by atoms with Crippen molar-refractivity contribution in [3.63, 3.8) is 0 Å². The minimum Gasteiger partial charge on any atom is -0.347 e. The van der Waals surface area contributed by atoms with Gasteiger partial charge in [0.2, 0.25) is 11.8 Å². The number of hydrogen-bond donors (Lipinski definition) is 1. The molecule has 0 fully saturated rings. The third kappa shape index (κ3) is 3.38. The van der Waals surface area contributed by atoms with E-state index in [0.29, 0.717) is 6.54 Å². The van der Waals surface area contributed by atoms with Gasteiger partial charge in [0.15, 0.2) is 0 Å². The zero-order valence-electron chi connectivity index (χ0n) is 12.4. The first-order chi connectivity index (χ1) is 9.38. The van der Waals surface area contributed by atoms with Gasteiger partial charge in [0.25, 0.3) is 0 Å². The van der Waals surface area contributed by atoms with Crippen molar-refractivity contribution < 1.29 is 9.59 Å². The van der Waals surface area contributed by atoms with Crippen LogP contribution in [0.1, 0.15) is 31.9 Å². The van der Waals surface area contributed by atoms with E-state index in [0.717, 1.165) is 13.0 Å². The second-order valence-electron chi connectivity index (χ2n) is 6.27. The Morgan fingerprint density at radius 1 is 1.20 bits per heavy atom. The van der Waals surface area contributed by atoms with Crippen molar-refractivity contribution in [2.75, 3.05) is 13.1 Å². The number of fused-ring (bicyclic) bond motifs is 1. The molecule has 1 aromatic rings. The first-order valence-corrected chi connectivity index (χ1v) is 7.01. The summed E-state index contributed by atoms with van der Waals surface area (Å²) in [7, 11) is 0. The second-order valence-corrected chi connectivity index (χ2v) is 6.27. The lowest BCUT2D eigenvalue weighted by Crippen LogP contribution is -2.45. The molecule has 1 aliphatic heterocycles. The monoisotopic (exact) mass is 274 g/mol. The van der Waals surface area contributed by atoms with Crippen LogP contribution in [-0.2, 0) is 22.6 Å². The van der Waals surface area contributed by atoms with Crippen molar-refractivity contribution in [3.05, 3.63) is 35.4 Å². The summed E-state index contributed by atoms with van der Waals surface area (Å²) in [5.74, 6) is -0.111. The second kappa shape index (κ2) is 5.65. The molecule has 1 heterocycles. The van der Waals surface area contributed by atoms with Gasteiger partial charge >= 0.3 is 0 Å². The van der Waals surface area contributed by atoms with Crippen LogP contribution in [-0.4, -0.2) is 29.8 Å². The van der Waals surface area contributed by atoms with Gasteiger partial charge in [-0.1, -0.05) is 45.0 Å². The Kier molecular flexibility index (Phi) is 4.12. The van der Waals surface area contributed by atoms with Crippen LogP contribution in [0.4, 0.5) is 0 Å². The van der Waals surface area contributed by atoms with Gasteiger partial charge in [-0.05, 0) is 17.5 Å². The summed E-state index contributed by atoms with van der Waals surface area (Å²) < 4.78 is 0. The van der Waals surface area contributed by atoms with Crippen molar-refractivity contribution in [1.29, 1.82) is 0 Å². The van der Waals surface area contributed by atoms with Gasteiger partial charge < -0.3 is 10.2 Å². The van der Waals surface area contributed by atoms with E-state index in [1.54, 1.807) is 0 Å². The molecule has 0 aliphatic carbocycles. The summed E-state index contributed by atoms with van der Waals surface area (Å²) in [5, 5.41) is 2.71. The lowest BCUT2D eigenvalue weighted by atomic mass is 9.96. The maximum atomic E-state index is 12.2. The molecule has 1 aromatic carbocycles. The van der Waals surface area contributed by atoms with Crippen molar-refractivity contribution in [2.24, 2.45) is 5.41 Å². The molecule has 0 atom stereocenters. The zero-order valence-corrected chi connectivity index (χ0v) is 12.4. The topological polar surface area (TPSA) is 49.4 Å². The van der Waals surface area contributed by atoms with E-state index in [4.69, 9.17) is 0 Å². The predicted molar refractivity (Wildman–Crippen MR) is 78.0 cm³/mol. The normalized spacial score (nSPS) is 14.7. The minimum absolute atomic E-state index is 0.0166. The van der Waals surface area contributed by atoms with E-state index < -0.39 is 5.41 Å². The quantitative estimate of drug-likeness (QED) is 0.893. The number of amides is 2. The molecule has 1 N–H and O–H groups in total. The molecule has 0 saturated heterocycles. The van der Waals surface area contributed by atoms with Crippen molar-refractivity contribution >= 4 is 11.8 Å². The molecule has 0 spiro atoms. The third-order valence-corrected chi connectivity index (χ3v) is 3.56. The largest absolute Gasteiger partial charge is 0.347 e. The molecule has 2 amide bonds. The fourth-order valence-electron chi connectivity index (χ4n) is 2.24. The average Bonchev–Trinajstić information content (AvgIpc) is 2.42. The number of carbonyl (C=O) groups excluding carboxylic acids is 2. The molecule has 0 bridgehead atoms. The third-order valence-electron chi connectivity index (χ3n) is 3.56. The Bertz CT molecular complexity index is 517. The van der Waals surface area contributed by atoms with Crippen molar-refractivity contribution in [1.82, 2.24) is 10.2 Å². The smallest absolute Gasteiger partial charge is 0.242 e. The van der Waals surface area contributed by atoms with Crippen molar-refractivity contribution in [2.45, 2.75) is 33.7 Å². The van der Waals surface area contributed by atoms with Crippen LogP contribution in [0.2, 0.25) is 0 Å². The molecule has 0 aromatic heterocycles. The highest BCUT2D eigenvalue weighted by molar-refractivity contribution is 5.87. The van der Waals surface area contributed by atoms with Gasteiger partial charge in [-0.15, -0.1) is 0 Å². The molecule has 0 radical (unpaired) electrons. The van der Waals surface area contributed by atoms with E-state index in [2.05, 4.69) is 17.4 Å². The van der Waals surface area contributed by atoms with Crippen LogP contribution in [0.25, 0.3) is 0 Å². The maximum Gasteiger partial charge on any atom is 0.242 e. The number of benzene rings is 1. The summed E-state index contributed by atoms with van der Waals surface area (Å²) in [4.78, 5) is 25.7. The van der Waals surface area contributed by atoms with E-state index in [1.807, 2.05) is 37.8 Å². The fraction of sp³-hybridized carbons (Fsp3) is 0.500. The van der Waals surface area contributed by atoms with Gasteiger partial charge in [0, 0.05) is 18.5 Å². The standard InChI is InChI=1S/C16H22N2O2/c1-16(2,3)15(20)17-10-14(19)18-9-8-12-6-4-5-7-13(12)11-18/h4-7H,8-11H2,1-3H3,(H,17,20). The molecule has 2 rings (SSSR count). The summed E-state index contributed by atoms with van der Waals surface area (Å²) in [6, 6.07) is 8.19. The lowest BCUT2D eigenvalue weighted by molar-refractivity contribution is -0.135. The zero-order chi connectivity index (χ0) is 14.8. The number of carbonyl (C=O) groups is 2. The minimum atomic E-state index is -0.464. The number of nitrogens with zero attached hydrogens (tertiary/aromatic N) is 1. The molecule has 4 heteroatoms. The molecule has 108 valence electrons. The highest BCUT2D eigenvalue weighted by Gasteiger charge is 2.24. The van der Waals surface area contributed by atoms with Gasteiger partial charge in [-0.25, -0.2) is 0 Å². The Hall–Kier alpha value is -1.84. The highest BCUT2D eigenvalue weighted by atomic mass is 16.2. The molecule has 0 unspecified atom stereocenters. The summed E-state index contributed by atoms with van der Waals surface area (Å²) in [6.45, 7) is 6.96. The summed E-state index contributed by atoms with van der Waals surface area (Å²) in [5.41, 5.74) is 2.05. The van der Waals surface area contributed by atoms with Crippen LogP contribution >= 0.6 is 0 Å². The van der Waals surface area contributed by atoms with Crippen LogP contribution in [0.5, 0.6) is 0 Å². The molecule has 4 nitrogen and oxygen atoms in total. The number of rotatable bonds is 2. The molecular weight excluding hydrogens is 252 g/mol. The van der Waals surface area contributed by atoms with E-state index in [1.165, 1.54) is 11.1 Å². The predicted octanol–water partition coefficient (Wildman–Crippen LogP) is 1.73. The van der Waals surface area contributed by atoms with Gasteiger partial charge in [-0.2, -0.15) is 0 Å². The van der Waals surface area contributed by atoms with Gasteiger partial charge in [0.1, 0.15) is 0 Å². The Balaban J connectivity index is 1.91. The molecule has 20 heavy (non-hydrogen) atoms. The Labute approximate surface area is 120 Å². The SMILES string of the molecule is CC(C)(C)C(=O)NCC(=O)N1CCc2ccccc2C1. The molecule has 0 saturated carbocycles. The lowest BCUT2D eigenvalue weighted by Gasteiger charge is -2.29. The molecular formula is C16H22N2O2. The van der Waals surface area contributed by atoms with Crippen LogP contribution in [0, 0.1) is 5.41 Å². The number of hydrogen-bond acceptors (Lipinski definition) is 2. The first kappa shape index (κ1) is 14.6. The Morgan fingerprint density at radius 3 is 2.50 bits per heavy atom. The van der Waals surface area contributed by atoms with E-state index >= 15 is 0 Å². The summed E-state index contributed by atoms with van der Waals surface area (Å²) >= 11 is 0.